The molecule has 8 heteroatoms. The van der Waals surface area contributed by atoms with E-state index < -0.39 is 0 Å². The Kier molecular flexibility index (Phi) is 8.39. The number of carbonyl (C=O) groups is 1. The van der Waals surface area contributed by atoms with Gasteiger partial charge in [0, 0.05) is 80.2 Å². The molecule has 1 aromatic carbocycles. The molecule has 1 N–H and O–H groups in total. The van der Waals surface area contributed by atoms with Crippen LogP contribution in [0.4, 0.5) is 17.3 Å². The summed E-state index contributed by atoms with van der Waals surface area (Å²) in [7, 11) is 0. The zero-order valence-corrected chi connectivity index (χ0v) is 23.3. The molecule has 0 atom stereocenters. The van der Waals surface area contributed by atoms with Gasteiger partial charge in [0.15, 0.2) is 0 Å². The molecular weight excluding hydrogens is 486 g/mol. The van der Waals surface area contributed by atoms with E-state index in [1.165, 1.54) is 16.9 Å². The molecule has 1 aliphatic heterocycles. The van der Waals surface area contributed by atoms with E-state index in [4.69, 9.17) is 4.98 Å². The number of nitrogens with zero attached hydrogens (tertiary/aromatic N) is 6. The summed E-state index contributed by atoms with van der Waals surface area (Å²) < 4.78 is 2.44. The molecule has 0 unspecified atom stereocenters. The number of nitrogens with one attached hydrogen (secondary N) is 1. The van der Waals surface area contributed by atoms with E-state index in [0.717, 1.165) is 75.0 Å². The van der Waals surface area contributed by atoms with Crippen molar-refractivity contribution >= 4 is 34.3 Å². The minimum Gasteiger partial charge on any atom is -0.368 e. The van der Waals surface area contributed by atoms with Gasteiger partial charge in [0.1, 0.15) is 5.65 Å². The first kappa shape index (κ1) is 26.7. The van der Waals surface area contributed by atoms with Crippen LogP contribution in [0.25, 0.3) is 11.0 Å². The van der Waals surface area contributed by atoms with Crippen LogP contribution >= 0.6 is 0 Å². The van der Waals surface area contributed by atoms with Crippen molar-refractivity contribution in [2.75, 3.05) is 36.4 Å². The van der Waals surface area contributed by atoms with Crippen molar-refractivity contribution in [3.63, 3.8) is 0 Å². The van der Waals surface area contributed by atoms with Gasteiger partial charge in [0.25, 0.3) is 0 Å². The maximum atomic E-state index is 11.6. The third-order valence-electron chi connectivity index (χ3n) is 7.80. The highest BCUT2D eigenvalue weighted by Gasteiger charge is 2.19. The Morgan fingerprint density at radius 2 is 1.77 bits per heavy atom. The van der Waals surface area contributed by atoms with Crippen LogP contribution in [-0.2, 0) is 17.6 Å². The minimum absolute atomic E-state index is 0.151. The maximum Gasteiger partial charge on any atom is 0.229 e. The average molecular weight is 526 g/mol. The summed E-state index contributed by atoms with van der Waals surface area (Å²) in [4.78, 5) is 29.7. The fraction of sp³-hybridized carbons (Fsp3) is 0.419. The number of aryl methyl sites for hydroxylation is 2. The van der Waals surface area contributed by atoms with E-state index >= 15 is 0 Å². The molecule has 1 amide bonds. The van der Waals surface area contributed by atoms with Gasteiger partial charge in [-0.25, -0.2) is 4.98 Å². The SMILES string of the molecule is CCC(CC)n1c(CCCc2cccnc2)cc2cnc(Nc3ccc(N4CCN(C(C)=O)CC4)cc3)nc21. The van der Waals surface area contributed by atoms with Crippen LogP contribution in [0, 0.1) is 0 Å². The van der Waals surface area contributed by atoms with Crippen molar-refractivity contribution in [3.8, 4) is 0 Å². The number of rotatable bonds is 10. The van der Waals surface area contributed by atoms with Gasteiger partial charge in [-0.05, 0) is 74.1 Å². The highest BCUT2D eigenvalue weighted by atomic mass is 16.2. The van der Waals surface area contributed by atoms with Gasteiger partial charge in [-0.1, -0.05) is 19.9 Å². The van der Waals surface area contributed by atoms with Crippen LogP contribution in [0.5, 0.6) is 0 Å². The van der Waals surface area contributed by atoms with E-state index in [9.17, 15) is 4.79 Å². The van der Waals surface area contributed by atoms with Gasteiger partial charge in [-0.15, -0.1) is 0 Å². The summed E-state index contributed by atoms with van der Waals surface area (Å²) >= 11 is 0. The standard InChI is InChI=1S/C31H39N7O/c1-4-27(5-2)38-29(10-6-8-24-9-7-15-32-21-24)20-25-22-33-31(35-30(25)38)34-26-11-13-28(14-12-26)37-18-16-36(17-19-37)23(3)39/h7,9,11-15,20-22,27H,4-6,8,10,16-19H2,1-3H3,(H,33,34,35). The summed E-state index contributed by atoms with van der Waals surface area (Å²) in [5, 5.41) is 4.50. The number of hydrogen-bond acceptors (Lipinski definition) is 6. The summed E-state index contributed by atoms with van der Waals surface area (Å²) in [6.45, 7) is 9.38. The van der Waals surface area contributed by atoms with Crippen LogP contribution < -0.4 is 10.2 Å². The van der Waals surface area contributed by atoms with E-state index in [1.54, 1.807) is 6.92 Å². The van der Waals surface area contributed by atoms with Gasteiger partial charge in [-0.2, -0.15) is 4.98 Å². The first-order chi connectivity index (χ1) is 19.1. The Labute approximate surface area is 231 Å². The predicted molar refractivity (Wildman–Crippen MR) is 158 cm³/mol. The van der Waals surface area contributed by atoms with Crippen molar-refractivity contribution in [1.82, 2.24) is 24.4 Å². The van der Waals surface area contributed by atoms with Crippen molar-refractivity contribution in [2.24, 2.45) is 0 Å². The van der Waals surface area contributed by atoms with Gasteiger partial charge in [0.2, 0.25) is 11.9 Å². The molecule has 1 saturated heterocycles. The second-order valence-corrected chi connectivity index (χ2v) is 10.3. The fourth-order valence-corrected chi connectivity index (χ4v) is 5.56. The first-order valence-corrected chi connectivity index (χ1v) is 14.2. The third kappa shape index (κ3) is 6.21. The fourth-order valence-electron chi connectivity index (χ4n) is 5.56. The quantitative estimate of drug-likeness (QED) is 0.283. The van der Waals surface area contributed by atoms with Gasteiger partial charge < -0.3 is 19.7 Å². The Balaban J connectivity index is 1.31. The second-order valence-electron chi connectivity index (χ2n) is 10.3. The van der Waals surface area contributed by atoms with Crippen LogP contribution in [0.2, 0.25) is 0 Å². The topological polar surface area (TPSA) is 79.2 Å². The lowest BCUT2D eigenvalue weighted by Gasteiger charge is -2.35. The summed E-state index contributed by atoms with van der Waals surface area (Å²) in [5.74, 6) is 0.760. The molecule has 1 aliphatic rings. The number of anilines is 3. The number of benzene rings is 1. The van der Waals surface area contributed by atoms with Crippen molar-refractivity contribution in [2.45, 2.75) is 58.9 Å². The van der Waals surface area contributed by atoms with Crippen LogP contribution in [-0.4, -0.2) is 56.5 Å². The summed E-state index contributed by atoms with van der Waals surface area (Å²) in [6, 6.07) is 15.2. The summed E-state index contributed by atoms with van der Waals surface area (Å²) in [5.41, 5.74) is 5.72. The first-order valence-electron chi connectivity index (χ1n) is 14.2. The summed E-state index contributed by atoms with van der Waals surface area (Å²) in [6.07, 6.45) is 10.9. The minimum atomic E-state index is 0.151. The van der Waals surface area contributed by atoms with Crippen molar-refractivity contribution in [1.29, 1.82) is 0 Å². The lowest BCUT2D eigenvalue weighted by Crippen LogP contribution is -2.48. The van der Waals surface area contributed by atoms with Crippen molar-refractivity contribution in [3.05, 3.63) is 72.3 Å². The molecule has 0 saturated carbocycles. The molecular formula is C31H39N7O. The molecule has 5 rings (SSSR count). The predicted octanol–water partition coefficient (Wildman–Crippen LogP) is 5.77. The number of piperazine rings is 1. The van der Waals surface area contributed by atoms with Crippen LogP contribution in [0.1, 0.15) is 57.3 Å². The maximum absolute atomic E-state index is 11.6. The average Bonchev–Trinajstić information content (AvgIpc) is 3.32. The number of pyridine rings is 1. The zero-order valence-electron chi connectivity index (χ0n) is 23.3. The normalized spacial score (nSPS) is 13.8. The Hall–Kier alpha value is -3.94. The number of aromatic nitrogens is 4. The largest absolute Gasteiger partial charge is 0.368 e. The molecule has 39 heavy (non-hydrogen) atoms. The molecule has 0 radical (unpaired) electrons. The zero-order chi connectivity index (χ0) is 27.2. The van der Waals surface area contributed by atoms with Crippen LogP contribution in [0.15, 0.2) is 61.1 Å². The monoisotopic (exact) mass is 525 g/mol. The molecule has 0 bridgehead atoms. The van der Waals surface area contributed by atoms with Gasteiger partial charge in [0.05, 0.1) is 0 Å². The Bertz CT molecular complexity index is 1370. The smallest absolute Gasteiger partial charge is 0.229 e. The lowest BCUT2D eigenvalue weighted by molar-refractivity contribution is -0.129. The molecule has 4 aromatic rings. The Morgan fingerprint density at radius 1 is 1.00 bits per heavy atom. The highest BCUT2D eigenvalue weighted by molar-refractivity contribution is 5.78. The van der Waals surface area contributed by atoms with E-state index in [1.807, 2.05) is 29.6 Å². The Morgan fingerprint density at radius 3 is 2.44 bits per heavy atom. The molecule has 204 valence electrons. The number of amides is 1. The molecule has 4 heterocycles. The third-order valence-corrected chi connectivity index (χ3v) is 7.80. The molecule has 0 spiro atoms. The molecule has 1 fully saturated rings. The van der Waals surface area contributed by atoms with Gasteiger partial charge >= 0.3 is 0 Å². The van der Waals surface area contributed by atoms with E-state index in [-0.39, 0.29) is 5.91 Å². The van der Waals surface area contributed by atoms with E-state index in [2.05, 4.69) is 75.0 Å². The van der Waals surface area contributed by atoms with Crippen molar-refractivity contribution < 1.29 is 4.79 Å². The second kappa shape index (κ2) is 12.3. The van der Waals surface area contributed by atoms with Gasteiger partial charge in [-0.3, -0.25) is 9.78 Å². The van der Waals surface area contributed by atoms with Crippen LogP contribution in [0.3, 0.4) is 0 Å². The molecule has 8 nitrogen and oxygen atoms in total. The molecule has 3 aromatic heterocycles. The number of carbonyl (C=O) groups excluding carboxylic acids is 1. The number of hydrogen-bond donors (Lipinski definition) is 1. The molecule has 0 aliphatic carbocycles. The highest BCUT2D eigenvalue weighted by Crippen LogP contribution is 2.29. The van der Waals surface area contributed by atoms with E-state index in [0.29, 0.717) is 12.0 Å². The number of fused-ring (bicyclic) bond motifs is 1. The lowest BCUT2D eigenvalue weighted by atomic mass is 10.1.